The van der Waals surface area contributed by atoms with Gasteiger partial charge in [-0.15, -0.1) is 0 Å². The molecule has 1 aromatic carbocycles. The number of carbonyl (C=O) groups is 2. The molecule has 0 spiro atoms. The van der Waals surface area contributed by atoms with Crippen molar-refractivity contribution in [3.8, 4) is 0 Å². The van der Waals surface area contributed by atoms with E-state index in [0.29, 0.717) is 23.8 Å². The molecule has 2 saturated heterocycles. The van der Waals surface area contributed by atoms with Gasteiger partial charge >= 0.3 is 6.03 Å². The number of nitrogens with one attached hydrogen (secondary N) is 1. The monoisotopic (exact) mass is 397 g/mol. The van der Waals surface area contributed by atoms with Gasteiger partial charge in [0.2, 0.25) is 5.91 Å². The van der Waals surface area contributed by atoms with Crippen LogP contribution in [-0.2, 0) is 14.6 Å². The Balaban J connectivity index is 1.54. The van der Waals surface area contributed by atoms with Crippen LogP contribution in [0.5, 0.6) is 0 Å². The lowest BCUT2D eigenvalue weighted by Crippen LogP contribution is -2.62. The number of hydrogen-bond acceptors (Lipinski definition) is 4. The number of hydrogen-bond donors (Lipinski definition) is 1. The van der Waals surface area contributed by atoms with Crippen LogP contribution in [0.15, 0.2) is 24.3 Å². The van der Waals surface area contributed by atoms with Crippen LogP contribution in [-0.4, -0.2) is 66.8 Å². The number of carbonyl (C=O) groups excluding carboxylic acids is 2. The number of rotatable bonds is 2. The molecule has 26 heavy (non-hydrogen) atoms. The summed E-state index contributed by atoms with van der Waals surface area (Å²) in [6, 6.07) is 5.47. The van der Waals surface area contributed by atoms with E-state index in [-0.39, 0.29) is 29.4 Å². The third-order valence-corrected chi connectivity index (χ3v) is 7.16. The predicted molar refractivity (Wildman–Crippen MR) is 97.8 cm³/mol. The molecule has 3 fully saturated rings. The fourth-order valence-corrected chi connectivity index (χ4v) is 5.98. The minimum atomic E-state index is -3.28. The molecular formula is C17H20ClN3O4S. The van der Waals surface area contributed by atoms with Crippen LogP contribution >= 0.6 is 11.6 Å². The van der Waals surface area contributed by atoms with Crippen molar-refractivity contribution in [3.63, 3.8) is 0 Å². The first-order valence-electron chi connectivity index (χ1n) is 8.68. The van der Waals surface area contributed by atoms with Crippen LogP contribution in [0.25, 0.3) is 0 Å². The molecular weight excluding hydrogens is 378 g/mol. The lowest BCUT2D eigenvalue weighted by molar-refractivity contribution is -0.137. The highest BCUT2D eigenvalue weighted by atomic mass is 35.5. The number of fused-ring (bicyclic) bond motifs is 1. The maximum absolute atomic E-state index is 12.7. The van der Waals surface area contributed by atoms with Gasteiger partial charge < -0.3 is 15.1 Å². The minimum absolute atomic E-state index is 0.0331. The average Bonchev–Trinajstić information content (AvgIpc) is 3.35. The Hall–Kier alpha value is -1.80. The summed E-state index contributed by atoms with van der Waals surface area (Å²) in [6.07, 6.45) is 1.75. The maximum Gasteiger partial charge on any atom is 0.322 e. The van der Waals surface area contributed by atoms with E-state index in [1.807, 2.05) is 0 Å². The van der Waals surface area contributed by atoms with Gasteiger partial charge in [0.1, 0.15) is 0 Å². The number of anilines is 1. The van der Waals surface area contributed by atoms with Crippen molar-refractivity contribution in [2.45, 2.75) is 24.9 Å². The molecule has 2 heterocycles. The molecule has 3 aliphatic rings. The van der Waals surface area contributed by atoms with E-state index in [1.165, 1.54) is 0 Å². The molecule has 1 aromatic rings. The quantitative estimate of drug-likeness (QED) is 0.821. The molecule has 0 bridgehead atoms. The molecule has 1 saturated carbocycles. The van der Waals surface area contributed by atoms with Crippen molar-refractivity contribution in [1.29, 1.82) is 0 Å². The number of benzene rings is 1. The number of nitrogens with zero attached hydrogens (tertiary/aromatic N) is 2. The lowest BCUT2D eigenvalue weighted by atomic mass is 10.0. The molecule has 0 unspecified atom stereocenters. The molecule has 3 amide bonds. The van der Waals surface area contributed by atoms with Gasteiger partial charge in [0.25, 0.3) is 0 Å². The first-order valence-corrected chi connectivity index (χ1v) is 10.9. The second-order valence-electron chi connectivity index (χ2n) is 7.15. The largest absolute Gasteiger partial charge is 0.335 e. The molecule has 1 aliphatic carbocycles. The van der Waals surface area contributed by atoms with Crippen LogP contribution in [0.1, 0.15) is 12.8 Å². The number of sulfone groups is 1. The number of urea groups is 1. The number of piperazine rings is 1. The van der Waals surface area contributed by atoms with Crippen molar-refractivity contribution in [3.05, 3.63) is 29.3 Å². The number of amides is 3. The van der Waals surface area contributed by atoms with Crippen LogP contribution in [0, 0.1) is 5.92 Å². The summed E-state index contributed by atoms with van der Waals surface area (Å²) in [5.41, 5.74) is 0.552. The van der Waals surface area contributed by atoms with Crippen molar-refractivity contribution in [2.75, 3.05) is 29.9 Å². The SMILES string of the molecule is O=C(Nc1cccc(Cl)c1)N1CCN(C(=O)C2CC2)[C@H]2CS(=O)(=O)C[C@H]21. The Labute approximate surface area is 157 Å². The normalized spacial score (nSPS) is 27.1. The summed E-state index contributed by atoms with van der Waals surface area (Å²) in [5, 5.41) is 3.28. The zero-order valence-electron chi connectivity index (χ0n) is 14.1. The lowest BCUT2D eigenvalue weighted by Gasteiger charge is -2.43. The predicted octanol–water partition coefficient (Wildman–Crippen LogP) is 1.59. The van der Waals surface area contributed by atoms with Gasteiger partial charge in [-0.3, -0.25) is 4.79 Å². The highest BCUT2D eigenvalue weighted by molar-refractivity contribution is 7.91. The van der Waals surface area contributed by atoms with E-state index in [1.54, 1.807) is 34.1 Å². The van der Waals surface area contributed by atoms with Crippen LogP contribution in [0.2, 0.25) is 5.02 Å². The fourth-order valence-electron chi connectivity index (χ4n) is 3.81. The van der Waals surface area contributed by atoms with Gasteiger partial charge in [-0.25, -0.2) is 13.2 Å². The Bertz CT molecular complexity index is 855. The molecule has 2 atom stereocenters. The molecule has 7 nitrogen and oxygen atoms in total. The van der Waals surface area contributed by atoms with Gasteiger partial charge in [0.15, 0.2) is 9.84 Å². The Kier molecular flexibility index (Phi) is 4.35. The Morgan fingerprint density at radius 2 is 1.73 bits per heavy atom. The van der Waals surface area contributed by atoms with E-state index in [2.05, 4.69) is 5.32 Å². The van der Waals surface area contributed by atoms with Gasteiger partial charge in [-0.1, -0.05) is 17.7 Å². The van der Waals surface area contributed by atoms with Crippen molar-refractivity contribution < 1.29 is 18.0 Å². The summed E-state index contributed by atoms with van der Waals surface area (Å²) in [7, 11) is -3.28. The number of halogens is 1. The zero-order chi connectivity index (χ0) is 18.5. The van der Waals surface area contributed by atoms with Gasteiger partial charge in [0, 0.05) is 29.7 Å². The van der Waals surface area contributed by atoms with Crippen LogP contribution in [0.4, 0.5) is 10.5 Å². The van der Waals surface area contributed by atoms with E-state index in [4.69, 9.17) is 11.6 Å². The topological polar surface area (TPSA) is 86.8 Å². The first kappa shape index (κ1) is 17.6. The molecule has 140 valence electrons. The Morgan fingerprint density at radius 1 is 1.08 bits per heavy atom. The summed E-state index contributed by atoms with van der Waals surface area (Å²) in [4.78, 5) is 28.5. The third kappa shape index (κ3) is 3.40. The van der Waals surface area contributed by atoms with E-state index >= 15 is 0 Å². The van der Waals surface area contributed by atoms with E-state index in [9.17, 15) is 18.0 Å². The van der Waals surface area contributed by atoms with E-state index < -0.39 is 21.9 Å². The molecule has 1 N–H and O–H groups in total. The summed E-state index contributed by atoms with van der Waals surface area (Å²) in [5.74, 6) is -0.107. The van der Waals surface area contributed by atoms with Crippen LogP contribution in [0.3, 0.4) is 0 Å². The third-order valence-electron chi connectivity index (χ3n) is 5.22. The second-order valence-corrected chi connectivity index (χ2v) is 9.74. The van der Waals surface area contributed by atoms with E-state index in [0.717, 1.165) is 12.8 Å². The van der Waals surface area contributed by atoms with Gasteiger partial charge in [-0.05, 0) is 31.0 Å². The van der Waals surface area contributed by atoms with Crippen molar-refractivity contribution in [2.24, 2.45) is 5.92 Å². The smallest absolute Gasteiger partial charge is 0.322 e. The maximum atomic E-state index is 12.7. The highest BCUT2D eigenvalue weighted by Crippen LogP contribution is 2.35. The summed E-state index contributed by atoms with van der Waals surface area (Å²) in [6.45, 7) is 0.691. The fraction of sp³-hybridized carbons (Fsp3) is 0.529. The Morgan fingerprint density at radius 3 is 2.38 bits per heavy atom. The standard InChI is InChI=1S/C17H20ClN3O4S/c18-12-2-1-3-13(8-12)19-17(23)21-7-6-20(16(22)11-4-5-11)14-9-26(24,25)10-15(14)21/h1-3,8,11,14-15H,4-7,9-10H2,(H,19,23)/t14-,15+/m0/s1. The average molecular weight is 398 g/mol. The van der Waals surface area contributed by atoms with Gasteiger partial charge in [-0.2, -0.15) is 0 Å². The van der Waals surface area contributed by atoms with Gasteiger partial charge in [0.05, 0.1) is 23.6 Å². The molecule has 0 radical (unpaired) electrons. The molecule has 4 rings (SSSR count). The second kappa shape index (κ2) is 6.42. The molecule has 2 aliphatic heterocycles. The molecule has 9 heteroatoms. The van der Waals surface area contributed by atoms with Crippen LogP contribution < -0.4 is 5.32 Å². The zero-order valence-corrected chi connectivity index (χ0v) is 15.7. The first-order chi connectivity index (χ1) is 12.3. The summed E-state index contributed by atoms with van der Waals surface area (Å²) >= 11 is 5.94. The highest BCUT2D eigenvalue weighted by Gasteiger charge is 2.51. The van der Waals surface area contributed by atoms with Crippen molar-refractivity contribution >= 4 is 39.1 Å². The minimum Gasteiger partial charge on any atom is -0.335 e. The van der Waals surface area contributed by atoms with Crippen molar-refractivity contribution in [1.82, 2.24) is 9.80 Å². The molecule has 0 aromatic heterocycles. The summed E-state index contributed by atoms with van der Waals surface area (Å²) < 4.78 is 24.4.